The number of hydrogen-bond donors (Lipinski definition) is 0. The minimum Gasteiger partial charge on any atom is -0.376 e. The summed E-state index contributed by atoms with van der Waals surface area (Å²) in [5.41, 5.74) is -0.140. The van der Waals surface area contributed by atoms with Crippen LogP contribution in [-0.4, -0.2) is 41.0 Å². The van der Waals surface area contributed by atoms with E-state index in [2.05, 4.69) is 0 Å². The lowest BCUT2D eigenvalue weighted by atomic mass is 10.6. The summed E-state index contributed by atoms with van der Waals surface area (Å²) in [7, 11) is 0.781. The highest BCUT2D eigenvalue weighted by molar-refractivity contribution is 6.27. The number of alkyl halides is 1. The van der Waals surface area contributed by atoms with E-state index in [0.717, 1.165) is 10.2 Å². The Hall–Kier alpha value is 0.387. The lowest BCUT2D eigenvalue weighted by molar-refractivity contribution is -0.213. The first-order valence-corrected chi connectivity index (χ1v) is 6.22. The molecule has 3 nitrogen and oxygen atoms in total. The van der Waals surface area contributed by atoms with Crippen LogP contribution in [0, 0.1) is 0 Å². The summed E-state index contributed by atoms with van der Waals surface area (Å²) in [6.07, 6.45) is 0. The van der Waals surface area contributed by atoms with Crippen molar-refractivity contribution in [2.75, 3.05) is 19.8 Å². The quantitative estimate of drug-likeness (QED) is 0.363. The molecule has 13 heavy (non-hydrogen) atoms. The van der Waals surface area contributed by atoms with Crippen LogP contribution >= 0.6 is 11.6 Å². The van der Waals surface area contributed by atoms with E-state index >= 15 is 0 Å². The summed E-state index contributed by atoms with van der Waals surface area (Å²) in [6.45, 7) is 7.38. The topological polar surface area (TPSA) is 27.7 Å². The first-order valence-electron chi connectivity index (χ1n) is 4.69. The molecule has 0 N–H and O–H groups in total. The van der Waals surface area contributed by atoms with Crippen LogP contribution in [0.4, 0.5) is 0 Å². The van der Waals surface area contributed by atoms with Crippen molar-refractivity contribution in [2.45, 2.75) is 31.7 Å². The highest BCUT2D eigenvalue weighted by atomic mass is 35.5. The van der Waals surface area contributed by atoms with E-state index in [1.54, 1.807) is 0 Å². The predicted octanol–water partition coefficient (Wildman–Crippen LogP) is 0.680. The van der Waals surface area contributed by atoms with Gasteiger partial charge in [-0.3, -0.25) is 0 Å². The summed E-state index contributed by atoms with van der Waals surface area (Å²) in [4.78, 5) is 0. The van der Waals surface area contributed by atoms with Crippen LogP contribution in [0.25, 0.3) is 0 Å². The second-order valence-corrected chi connectivity index (χ2v) is 4.12. The zero-order valence-corrected chi connectivity index (χ0v) is 11.6. The Balaban J connectivity index is 4.18. The van der Waals surface area contributed by atoms with Crippen LogP contribution in [-0.2, 0) is 14.2 Å². The van der Waals surface area contributed by atoms with Crippen molar-refractivity contribution in [3.8, 4) is 0 Å². The summed E-state index contributed by atoms with van der Waals surface area (Å²) in [6, 6.07) is 0. The van der Waals surface area contributed by atoms with Crippen LogP contribution in [0.5, 0.6) is 0 Å². The second-order valence-electron chi connectivity index (χ2n) is 2.55. The number of halogens is 1. The Morgan fingerprint density at radius 3 is 1.92 bits per heavy atom. The predicted molar refractivity (Wildman–Crippen MR) is 57.2 cm³/mol. The van der Waals surface area contributed by atoms with Crippen molar-refractivity contribution in [3.05, 3.63) is 0 Å². The van der Waals surface area contributed by atoms with Gasteiger partial charge in [0.05, 0.1) is 0 Å². The van der Waals surface area contributed by atoms with E-state index in [0.29, 0.717) is 19.8 Å². The van der Waals surface area contributed by atoms with Crippen molar-refractivity contribution in [3.63, 3.8) is 0 Å². The zero-order chi connectivity index (χ0) is 10.3. The fourth-order valence-electron chi connectivity index (χ4n) is 1.02. The normalized spacial score (nSPS) is 14.8. The van der Waals surface area contributed by atoms with Crippen LogP contribution < -0.4 is 0 Å². The molecule has 0 aliphatic rings. The summed E-state index contributed by atoms with van der Waals surface area (Å²) >= 11 is 6.13. The zero-order valence-electron chi connectivity index (χ0n) is 8.80. The van der Waals surface area contributed by atoms with Gasteiger partial charge in [0.2, 0.25) is 0 Å². The monoisotopic (exact) mass is 226 g/mol. The van der Waals surface area contributed by atoms with Crippen LogP contribution in [0.3, 0.4) is 0 Å². The molecular weight excluding hydrogens is 208 g/mol. The molecule has 0 aromatic heterocycles. The Labute approximate surface area is 88.1 Å². The minimum absolute atomic E-state index is 0.140. The van der Waals surface area contributed by atoms with Crippen molar-refractivity contribution in [1.29, 1.82) is 0 Å². The molecule has 0 radical (unpaired) electrons. The highest BCUT2D eigenvalue weighted by Crippen LogP contribution is 2.24. The van der Waals surface area contributed by atoms with Crippen molar-refractivity contribution in [2.24, 2.45) is 0 Å². The summed E-state index contributed by atoms with van der Waals surface area (Å²) in [5.74, 6) is 0. The van der Waals surface area contributed by atoms with E-state index in [9.17, 15) is 0 Å². The molecule has 0 aliphatic heterocycles. The lowest BCUT2D eigenvalue weighted by Crippen LogP contribution is -2.44. The molecule has 0 amide bonds. The van der Waals surface area contributed by atoms with Crippen LogP contribution in [0.2, 0.25) is 0 Å². The maximum Gasteiger partial charge on any atom is 0.271 e. The lowest BCUT2D eigenvalue weighted by Gasteiger charge is -2.31. The maximum absolute atomic E-state index is 6.13. The van der Waals surface area contributed by atoms with E-state index in [4.69, 9.17) is 25.8 Å². The van der Waals surface area contributed by atoms with Gasteiger partial charge in [-0.15, -0.1) is 0 Å². The third kappa shape index (κ3) is 4.42. The molecule has 0 fully saturated rings. The third-order valence-electron chi connectivity index (χ3n) is 1.58. The average molecular weight is 227 g/mol. The Morgan fingerprint density at radius 1 is 1.15 bits per heavy atom. The summed E-state index contributed by atoms with van der Waals surface area (Å²) < 4.78 is 16.1. The molecule has 0 aromatic carbocycles. The van der Waals surface area contributed by atoms with Gasteiger partial charge in [-0.2, -0.15) is 0 Å². The molecule has 0 saturated heterocycles. The van der Waals surface area contributed by atoms with Gasteiger partial charge in [-0.1, -0.05) is 11.6 Å². The summed E-state index contributed by atoms with van der Waals surface area (Å²) in [5, 5.41) is -1.08. The van der Waals surface area contributed by atoms with Crippen molar-refractivity contribution < 1.29 is 14.2 Å². The molecule has 1 atom stereocenters. The van der Waals surface area contributed by atoms with Gasteiger partial charge in [0.1, 0.15) is 5.73 Å². The molecule has 1 unspecified atom stereocenters. The molecule has 0 rings (SSSR count). The third-order valence-corrected chi connectivity index (χ3v) is 3.57. The molecule has 5 heteroatoms. The van der Waals surface area contributed by atoms with E-state index < -0.39 is 5.25 Å². The second kappa shape index (κ2) is 6.78. The molecule has 80 valence electrons. The molecule has 0 bridgehead atoms. The van der Waals surface area contributed by atoms with Crippen LogP contribution in [0.15, 0.2) is 0 Å². The standard InChI is InChI=1S/C8H19ClO3Si/c1-4-10-7(13)8(9,11-5-2)12-6-3/h7H,4-6H2,1-3,13H3. The smallest absolute Gasteiger partial charge is 0.271 e. The van der Waals surface area contributed by atoms with Gasteiger partial charge in [-0.05, 0) is 20.8 Å². The number of rotatable bonds is 7. The first kappa shape index (κ1) is 13.4. The SMILES string of the molecule is CCOC([SiH3])C(Cl)(OCC)OCC. The van der Waals surface area contributed by atoms with Crippen LogP contribution in [0.1, 0.15) is 20.8 Å². The Kier molecular flexibility index (Phi) is 6.99. The van der Waals surface area contributed by atoms with Crippen molar-refractivity contribution in [1.82, 2.24) is 0 Å². The largest absolute Gasteiger partial charge is 0.376 e. The molecule has 0 saturated carbocycles. The minimum atomic E-state index is -1.08. The van der Waals surface area contributed by atoms with Crippen molar-refractivity contribution >= 4 is 21.8 Å². The molecule has 0 aliphatic carbocycles. The molecule has 0 heterocycles. The molecule has 0 spiro atoms. The van der Waals surface area contributed by atoms with E-state index in [1.807, 2.05) is 20.8 Å². The maximum atomic E-state index is 6.13. The highest BCUT2D eigenvalue weighted by Gasteiger charge is 2.36. The number of hydrogen-bond acceptors (Lipinski definition) is 3. The van der Waals surface area contributed by atoms with Gasteiger partial charge in [0, 0.05) is 30.1 Å². The first-order chi connectivity index (χ1) is 6.10. The van der Waals surface area contributed by atoms with Gasteiger partial charge in [-0.25, -0.2) is 0 Å². The fraction of sp³-hybridized carbons (Fsp3) is 1.00. The van der Waals surface area contributed by atoms with E-state index in [1.165, 1.54) is 0 Å². The Bertz CT molecular complexity index is 129. The molecule has 0 aromatic rings. The van der Waals surface area contributed by atoms with Gasteiger partial charge in [0.25, 0.3) is 5.25 Å². The molecular formula is C8H19ClO3Si. The fourth-order valence-corrected chi connectivity index (χ4v) is 1.97. The van der Waals surface area contributed by atoms with Gasteiger partial charge >= 0.3 is 0 Å². The van der Waals surface area contributed by atoms with E-state index in [-0.39, 0.29) is 5.73 Å². The number of ether oxygens (including phenoxy) is 3. The van der Waals surface area contributed by atoms with Gasteiger partial charge < -0.3 is 14.2 Å². The average Bonchev–Trinajstić information content (AvgIpc) is 2.05. The Morgan fingerprint density at radius 2 is 1.62 bits per heavy atom. The van der Waals surface area contributed by atoms with Gasteiger partial charge in [0.15, 0.2) is 0 Å².